The van der Waals surface area contributed by atoms with Crippen LogP contribution in [0.15, 0.2) is 53.5 Å². The normalized spacial score (nSPS) is 17.6. The van der Waals surface area contributed by atoms with Crippen molar-refractivity contribution < 1.29 is 17.8 Å². The van der Waals surface area contributed by atoms with E-state index in [1.54, 1.807) is 6.07 Å². The summed E-state index contributed by atoms with van der Waals surface area (Å²) in [5, 5.41) is 1.78. The first-order chi connectivity index (χ1) is 10.9. The summed E-state index contributed by atoms with van der Waals surface area (Å²) >= 11 is 0. The highest BCUT2D eigenvalue weighted by Gasteiger charge is 2.35. The van der Waals surface area contributed by atoms with Crippen LogP contribution < -0.4 is 0 Å². The summed E-state index contributed by atoms with van der Waals surface area (Å²) in [7, 11) is -4.53. The predicted molar refractivity (Wildman–Crippen MR) is 89.3 cm³/mol. The summed E-state index contributed by atoms with van der Waals surface area (Å²) in [5.74, 6) is -0.654. The van der Waals surface area contributed by atoms with Gasteiger partial charge in [0, 0.05) is 6.21 Å². The van der Waals surface area contributed by atoms with Crippen molar-refractivity contribution in [3.8, 4) is 0 Å². The van der Waals surface area contributed by atoms with Crippen molar-refractivity contribution in [1.29, 1.82) is 0 Å². The lowest BCUT2D eigenvalue weighted by Gasteiger charge is -2.17. The zero-order valence-corrected chi connectivity index (χ0v) is 12.6. The Kier molecular flexibility index (Phi) is 2.88. The first-order valence-electron chi connectivity index (χ1n) is 6.95. The summed E-state index contributed by atoms with van der Waals surface area (Å²) < 4.78 is 32.0. The van der Waals surface area contributed by atoms with Crippen LogP contribution >= 0.6 is 0 Å². The molecule has 3 aromatic carbocycles. The van der Waals surface area contributed by atoms with Crippen LogP contribution in [0.25, 0.3) is 21.5 Å². The topological polar surface area (TPSA) is 83.8 Å². The molecule has 3 aromatic rings. The van der Waals surface area contributed by atoms with Crippen LogP contribution in [0, 0.1) is 0 Å². The Bertz CT molecular complexity index is 1120. The Morgan fingerprint density at radius 1 is 0.957 bits per heavy atom. The molecular formula is C17H11NO4S. The molecule has 114 valence electrons. The van der Waals surface area contributed by atoms with E-state index in [1.807, 2.05) is 42.5 Å². The molecule has 6 heteroatoms. The summed E-state index contributed by atoms with van der Waals surface area (Å²) in [5.41, 5.74) is 0.649. The lowest BCUT2D eigenvalue weighted by Crippen LogP contribution is -2.33. The maximum absolute atomic E-state index is 12.6. The van der Waals surface area contributed by atoms with Gasteiger partial charge in [-0.1, -0.05) is 30.3 Å². The van der Waals surface area contributed by atoms with E-state index in [0.29, 0.717) is 11.1 Å². The molecule has 0 spiro atoms. The summed E-state index contributed by atoms with van der Waals surface area (Å²) in [6.07, 6.45) is 0.979. The van der Waals surface area contributed by atoms with Crippen molar-refractivity contribution in [3.05, 3.63) is 54.1 Å². The van der Waals surface area contributed by atoms with E-state index in [-0.39, 0.29) is 5.56 Å². The molecule has 1 unspecified atom stereocenters. The number of Topliss-reactive ketones (excluding diaryl/α,β-unsaturated/α-hetero) is 1. The van der Waals surface area contributed by atoms with Gasteiger partial charge in [0.1, 0.15) is 0 Å². The van der Waals surface area contributed by atoms with Gasteiger partial charge >= 0.3 is 0 Å². The van der Waals surface area contributed by atoms with Crippen LogP contribution in [0.5, 0.6) is 0 Å². The Morgan fingerprint density at radius 2 is 1.65 bits per heavy atom. The largest absolute Gasteiger partial charge is 0.292 e. The number of carbonyl (C=O) groups is 1. The first kappa shape index (κ1) is 14.0. The molecule has 1 atom stereocenters. The molecule has 0 saturated heterocycles. The number of aliphatic imine (C=N–C) groups is 1. The highest BCUT2D eigenvalue weighted by molar-refractivity contribution is 7.88. The quantitative estimate of drug-likeness (QED) is 0.550. The number of carbonyl (C=O) groups excluding carboxylic acids is 1. The third-order valence-corrected chi connectivity index (χ3v) is 5.02. The minimum absolute atomic E-state index is 0.235. The van der Waals surface area contributed by atoms with Crippen molar-refractivity contribution in [1.82, 2.24) is 0 Å². The van der Waals surface area contributed by atoms with Gasteiger partial charge in [-0.25, -0.2) is 0 Å². The standard InChI is InChI=1S/C17H11NO4S/c19-17-15(23(20,21)22)9-18-14-6-5-12-7-10-3-1-2-4-11(10)8-13(12)16(14)17/h1-9,15H,(H,20,21,22). The smallest absolute Gasteiger partial charge is 0.280 e. The molecule has 0 amide bonds. The Morgan fingerprint density at radius 3 is 2.35 bits per heavy atom. The Labute approximate surface area is 132 Å². The van der Waals surface area contributed by atoms with Crippen molar-refractivity contribution in [3.63, 3.8) is 0 Å². The van der Waals surface area contributed by atoms with Crippen molar-refractivity contribution in [2.75, 3.05) is 0 Å². The van der Waals surface area contributed by atoms with E-state index in [9.17, 15) is 17.8 Å². The van der Waals surface area contributed by atoms with E-state index >= 15 is 0 Å². The summed E-state index contributed by atoms with van der Waals surface area (Å²) in [4.78, 5) is 16.6. The number of hydrogen-bond donors (Lipinski definition) is 1. The van der Waals surface area contributed by atoms with Gasteiger partial charge in [0.25, 0.3) is 10.1 Å². The minimum Gasteiger partial charge on any atom is -0.292 e. The molecule has 23 heavy (non-hydrogen) atoms. The van der Waals surface area contributed by atoms with E-state index in [4.69, 9.17) is 0 Å². The van der Waals surface area contributed by atoms with Gasteiger partial charge in [-0.15, -0.1) is 0 Å². The van der Waals surface area contributed by atoms with Crippen molar-refractivity contribution in [2.24, 2.45) is 4.99 Å². The van der Waals surface area contributed by atoms with E-state index in [2.05, 4.69) is 4.99 Å². The zero-order chi connectivity index (χ0) is 16.2. The van der Waals surface area contributed by atoms with Crippen molar-refractivity contribution in [2.45, 2.75) is 5.25 Å². The van der Waals surface area contributed by atoms with Gasteiger partial charge < -0.3 is 0 Å². The fourth-order valence-electron chi connectivity index (χ4n) is 2.94. The van der Waals surface area contributed by atoms with Gasteiger partial charge in [-0.2, -0.15) is 8.42 Å². The van der Waals surface area contributed by atoms with Gasteiger partial charge in [0.2, 0.25) is 0 Å². The molecule has 0 aromatic heterocycles. The molecule has 1 heterocycles. The van der Waals surface area contributed by atoms with E-state index in [0.717, 1.165) is 22.4 Å². The molecule has 0 radical (unpaired) electrons. The molecule has 5 nitrogen and oxygen atoms in total. The number of benzene rings is 3. The average Bonchev–Trinajstić information content (AvgIpc) is 2.51. The molecule has 0 aliphatic carbocycles. The van der Waals surface area contributed by atoms with Crippen LogP contribution in [0.1, 0.15) is 10.4 Å². The number of ketones is 1. The molecule has 0 saturated carbocycles. The molecular weight excluding hydrogens is 314 g/mol. The second kappa shape index (κ2) is 4.71. The molecule has 1 aliphatic rings. The molecule has 1 aliphatic heterocycles. The first-order valence-corrected chi connectivity index (χ1v) is 8.46. The van der Waals surface area contributed by atoms with Gasteiger partial charge in [0.05, 0.1) is 11.3 Å². The van der Waals surface area contributed by atoms with Gasteiger partial charge in [-0.05, 0) is 39.7 Å². The predicted octanol–water partition coefficient (Wildman–Crippen LogP) is 3.15. The highest BCUT2D eigenvalue weighted by atomic mass is 32.2. The van der Waals surface area contributed by atoms with Crippen LogP contribution in [0.2, 0.25) is 0 Å². The molecule has 1 N–H and O–H groups in total. The van der Waals surface area contributed by atoms with E-state index in [1.165, 1.54) is 0 Å². The van der Waals surface area contributed by atoms with Gasteiger partial charge in [-0.3, -0.25) is 14.3 Å². The van der Waals surface area contributed by atoms with Crippen LogP contribution in [-0.2, 0) is 10.1 Å². The average molecular weight is 325 g/mol. The number of rotatable bonds is 1. The molecule has 0 bridgehead atoms. The lowest BCUT2D eigenvalue weighted by molar-refractivity contribution is 0.100. The summed E-state index contributed by atoms with van der Waals surface area (Å²) in [6.45, 7) is 0. The number of hydrogen-bond acceptors (Lipinski definition) is 4. The maximum atomic E-state index is 12.6. The fourth-order valence-corrected chi connectivity index (χ4v) is 3.54. The minimum atomic E-state index is -4.53. The zero-order valence-electron chi connectivity index (χ0n) is 11.8. The second-order valence-corrected chi connectivity index (χ2v) is 7.00. The number of fused-ring (bicyclic) bond motifs is 4. The fraction of sp³-hybridized carbons (Fsp3) is 0.0588. The second-order valence-electron chi connectivity index (χ2n) is 5.46. The number of nitrogens with zero attached hydrogens (tertiary/aromatic N) is 1. The van der Waals surface area contributed by atoms with E-state index < -0.39 is 21.2 Å². The van der Waals surface area contributed by atoms with Crippen molar-refractivity contribution >= 4 is 49.3 Å². The van der Waals surface area contributed by atoms with Gasteiger partial charge in [0.15, 0.2) is 11.0 Å². The third kappa shape index (κ3) is 2.15. The lowest BCUT2D eigenvalue weighted by atomic mass is 9.94. The Hall–Kier alpha value is -2.57. The maximum Gasteiger partial charge on any atom is 0.280 e. The highest BCUT2D eigenvalue weighted by Crippen LogP contribution is 2.34. The molecule has 0 fully saturated rings. The molecule has 4 rings (SSSR count). The van der Waals surface area contributed by atoms with Crippen LogP contribution in [0.3, 0.4) is 0 Å². The van der Waals surface area contributed by atoms with Crippen LogP contribution in [0.4, 0.5) is 5.69 Å². The Balaban J connectivity index is 2.07. The van der Waals surface area contributed by atoms with Crippen LogP contribution in [-0.4, -0.2) is 30.2 Å². The monoisotopic (exact) mass is 325 g/mol. The SMILES string of the molecule is O=C1c2c(ccc3cc4ccccc4cc23)N=CC1S(=O)(=O)O. The third-order valence-electron chi connectivity index (χ3n) is 4.04. The summed E-state index contributed by atoms with van der Waals surface area (Å²) in [6, 6.07) is 15.0.